The predicted molar refractivity (Wildman–Crippen MR) is 191 cm³/mol. The molecule has 6 nitrogen and oxygen atoms in total. The van der Waals surface area contributed by atoms with E-state index in [2.05, 4.69) is 98.7 Å². The number of hydrogen-bond acceptors (Lipinski definition) is 4. The van der Waals surface area contributed by atoms with E-state index < -0.39 is 0 Å². The molecule has 2 fully saturated rings. The number of nitrogens with zero attached hydrogens (tertiary/aromatic N) is 2. The Bertz CT molecular complexity index is 1430. The molecule has 2 aromatic heterocycles. The number of piperidine rings is 2. The molecule has 0 radical (unpaired) electrons. The lowest BCUT2D eigenvalue weighted by Gasteiger charge is -2.30. The summed E-state index contributed by atoms with van der Waals surface area (Å²) in [6.07, 6.45) is 13.0. The van der Waals surface area contributed by atoms with Crippen LogP contribution in [0.3, 0.4) is 0 Å². The topological polar surface area (TPSA) is 62.1 Å². The zero-order valence-electron chi connectivity index (χ0n) is 26.0. The maximum Gasteiger partial charge on any atom is 0.0488 e. The number of aromatic amines is 2. The first-order chi connectivity index (χ1) is 21.6. The predicted octanol–water partition coefficient (Wildman–Crippen LogP) is 7.99. The molecular weight excluding hydrogens is 676 g/mol. The number of aromatic nitrogens is 2. The molecule has 236 valence electrons. The van der Waals surface area contributed by atoms with E-state index in [9.17, 15) is 0 Å². The molecule has 0 amide bonds. The smallest absolute Gasteiger partial charge is 0.0488 e. The zero-order valence-corrected chi connectivity index (χ0v) is 29.2. The second-order valence-corrected chi connectivity index (χ2v) is 15.1. The Hall–Kier alpha value is -1.68. The standard InChI is InChI=1S/2C18H24BrN3/c2*19-13-4-5-14-15-6-8-20-16(18(15)21-17(14)12-13)7-11-22-9-2-1-3-10-22/h2*4-5,12,16,20-21H,1-3,6-11H2/t2*16-/m10/s1. The van der Waals surface area contributed by atoms with Gasteiger partial charge in [0.2, 0.25) is 0 Å². The summed E-state index contributed by atoms with van der Waals surface area (Å²) in [4.78, 5) is 12.6. The van der Waals surface area contributed by atoms with Gasteiger partial charge in [-0.1, -0.05) is 56.8 Å². The first-order valence-electron chi connectivity index (χ1n) is 17.1. The van der Waals surface area contributed by atoms with Crippen molar-refractivity contribution in [2.75, 3.05) is 52.4 Å². The van der Waals surface area contributed by atoms with E-state index in [1.165, 1.54) is 135 Å². The molecule has 0 saturated carbocycles. The molecule has 44 heavy (non-hydrogen) atoms. The van der Waals surface area contributed by atoms with Crippen molar-refractivity contribution >= 4 is 53.7 Å². The quantitative estimate of drug-likeness (QED) is 0.163. The summed E-state index contributed by atoms with van der Waals surface area (Å²) in [5.74, 6) is 0. The summed E-state index contributed by atoms with van der Waals surface area (Å²) in [7, 11) is 0. The van der Waals surface area contributed by atoms with Crippen molar-refractivity contribution in [2.24, 2.45) is 0 Å². The average molecular weight is 725 g/mol. The number of H-pyrrole nitrogens is 2. The molecular formula is C36H48Br2N6. The minimum Gasteiger partial charge on any atom is -0.357 e. The van der Waals surface area contributed by atoms with Gasteiger partial charge < -0.3 is 30.4 Å². The summed E-state index contributed by atoms with van der Waals surface area (Å²) in [5.41, 5.74) is 8.46. The van der Waals surface area contributed by atoms with Gasteiger partial charge in [0, 0.05) is 54.2 Å². The Morgan fingerprint density at radius 1 is 0.591 bits per heavy atom. The summed E-state index contributed by atoms with van der Waals surface area (Å²) < 4.78 is 2.30. The Morgan fingerprint density at radius 3 is 1.45 bits per heavy atom. The SMILES string of the molecule is Brc1ccc2c3c([nH]c2c1)[C@@H](CCN1CCCCC1)NCC3.Brc1ccc2c3c([nH]c2c1)[C@H](CCN1CCCCC1)NCC3. The van der Waals surface area contributed by atoms with Crippen LogP contribution in [0.5, 0.6) is 0 Å². The van der Waals surface area contributed by atoms with Crippen LogP contribution in [0.1, 0.15) is 86.0 Å². The second-order valence-electron chi connectivity index (χ2n) is 13.3. The van der Waals surface area contributed by atoms with E-state index in [4.69, 9.17) is 0 Å². The molecule has 0 aliphatic carbocycles. The number of nitrogens with one attached hydrogen (secondary N) is 4. The summed E-state index contributed by atoms with van der Waals surface area (Å²) in [6.45, 7) is 9.80. The average Bonchev–Trinajstić information content (AvgIpc) is 3.62. The van der Waals surface area contributed by atoms with Crippen LogP contribution in [0.4, 0.5) is 0 Å². The molecule has 6 heterocycles. The minimum absolute atomic E-state index is 0.483. The molecule has 8 rings (SSSR count). The minimum atomic E-state index is 0.483. The molecule has 2 atom stereocenters. The van der Waals surface area contributed by atoms with Crippen molar-refractivity contribution in [3.63, 3.8) is 0 Å². The Labute approximate surface area is 279 Å². The highest BCUT2D eigenvalue weighted by atomic mass is 79.9. The second kappa shape index (κ2) is 14.4. The molecule has 0 spiro atoms. The lowest BCUT2D eigenvalue weighted by Crippen LogP contribution is -2.35. The largest absolute Gasteiger partial charge is 0.357 e. The molecule has 4 aliphatic heterocycles. The number of halogens is 2. The lowest BCUT2D eigenvalue weighted by atomic mass is 9.97. The Kier molecular flexibility index (Phi) is 10.1. The van der Waals surface area contributed by atoms with Gasteiger partial charge in [0.05, 0.1) is 0 Å². The Morgan fingerprint density at radius 2 is 1.02 bits per heavy atom. The highest BCUT2D eigenvalue weighted by Crippen LogP contribution is 2.34. The van der Waals surface area contributed by atoms with Gasteiger partial charge >= 0.3 is 0 Å². The zero-order chi connectivity index (χ0) is 29.9. The number of rotatable bonds is 6. The van der Waals surface area contributed by atoms with Gasteiger partial charge in [-0.15, -0.1) is 0 Å². The highest BCUT2D eigenvalue weighted by molar-refractivity contribution is 9.10. The van der Waals surface area contributed by atoms with E-state index in [0.717, 1.165) is 34.9 Å². The third kappa shape index (κ3) is 7.01. The molecule has 4 N–H and O–H groups in total. The fourth-order valence-electron chi connectivity index (χ4n) is 8.06. The molecule has 2 aromatic carbocycles. The van der Waals surface area contributed by atoms with Crippen molar-refractivity contribution < 1.29 is 0 Å². The van der Waals surface area contributed by atoms with Crippen LogP contribution >= 0.6 is 31.9 Å². The fraction of sp³-hybridized carbons (Fsp3) is 0.556. The van der Waals surface area contributed by atoms with Crippen molar-refractivity contribution in [1.29, 1.82) is 0 Å². The van der Waals surface area contributed by atoms with E-state index >= 15 is 0 Å². The third-order valence-corrected chi connectivity index (χ3v) is 11.4. The third-order valence-electron chi connectivity index (χ3n) is 10.4. The van der Waals surface area contributed by atoms with Crippen LogP contribution in [0.2, 0.25) is 0 Å². The normalized spacial score (nSPS) is 22.9. The monoisotopic (exact) mass is 722 g/mol. The molecule has 0 bridgehead atoms. The van der Waals surface area contributed by atoms with Crippen LogP contribution in [0.15, 0.2) is 45.3 Å². The number of fused-ring (bicyclic) bond motifs is 6. The fourth-order valence-corrected chi connectivity index (χ4v) is 8.78. The van der Waals surface area contributed by atoms with Crippen molar-refractivity contribution in [3.05, 3.63) is 67.9 Å². The summed E-state index contributed by atoms with van der Waals surface area (Å²) in [5, 5.41) is 10.3. The summed E-state index contributed by atoms with van der Waals surface area (Å²) >= 11 is 7.16. The van der Waals surface area contributed by atoms with Gasteiger partial charge in [-0.3, -0.25) is 0 Å². The van der Waals surface area contributed by atoms with Crippen molar-refractivity contribution in [3.8, 4) is 0 Å². The molecule has 4 aromatic rings. The lowest BCUT2D eigenvalue weighted by molar-refractivity contribution is 0.215. The van der Waals surface area contributed by atoms with Crippen LogP contribution in [-0.4, -0.2) is 72.1 Å². The van der Waals surface area contributed by atoms with Crippen molar-refractivity contribution in [1.82, 2.24) is 30.4 Å². The Balaban J connectivity index is 0.000000142. The van der Waals surface area contributed by atoms with Gasteiger partial charge in [0.1, 0.15) is 0 Å². The van der Waals surface area contributed by atoms with Crippen LogP contribution in [0, 0.1) is 0 Å². The molecule has 2 saturated heterocycles. The van der Waals surface area contributed by atoms with Crippen LogP contribution in [0.25, 0.3) is 21.8 Å². The first-order valence-corrected chi connectivity index (χ1v) is 18.7. The summed E-state index contributed by atoms with van der Waals surface area (Å²) in [6, 6.07) is 14.2. The van der Waals surface area contributed by atoms with Crippen LogP contribution in [-0.2, 0) is 12.8 Å². The van der Waals surface area contributed by atoms with Crippen molar-refractivity contribution in [2.45, 2.75) is 76.3 Å². The van der Waals surface area contributed by atoms with E-state index in [-0.39, 0.29) is 0 Å². The number of hydrogen-bond donors (Lipinski definition) is 4. The molecule has 4 aliphatic rings. The molecule has 0 unspecified atom stereocenters. The van der Waals surface area contributed by atoms with Gasteiger partial charge in [-0.25, -0.2) is 0 Å². The van der Waals surface area contributed by atoms with Gasteiger partial charge in [-0.2, -0.15) is 0 Å². The van der Waals surface area contributed by atoms with E-state index in [1.54, 1.807) is 0 Å². The van der Waals surface area contributed by atoms with E-state index in [1.807, 2.05) is 0 Å². The number of benzene rings is 2. The molecule has 8 heteroatoms. The maximum absolute atomic E-state index is 3.72. The van der Waals surface area contributed by atoms with Gasteiger partial charge in [-0.05, 0) is 139 Å². The highest BCUT2D eigenvalue weighted by Gasteiger charge is 2.26. The van der Waals surface area contributed by atoms with Crippen LogP contribution < -0.4 is 10.6 Å². The maximum atomic E-state index is 3.72. The van der Waals surface area contributed by atoms with Gasteiger partial charge in [0.15, 0.2) is 0 Å². The van der Waals surface area contributed by atoms with E-state index in [0.29, 0.717) is 12.1 Å². The first kappa shape index (κ1) is 30.9. The van der Waals surface area contributed by atoms with Gasteiger partial charge in [0.25, 0.3) is 0 Å². The number of likely N-dealkylation sites (tertiary alicyclic amines) is 2.